The molecule has 0 spiro atoms. The van der Waals surface area contributed by atoms with Crippen LogP contribution in [0.15, 0.2) is 24.3 Å². The lowest BCUT2D eigenvalue weighted by molar-refractivity contribution is -0.228. The van der Waals surface area contributed by atoms with E-state index >= 15 is 0 Å². The number of hydrogen-bond donors (Lipinski definition) is 1. The zero-order valence-corrected chi connectivity index (χ0v) is 19.4. The van der Waals surface area contributed by atoms with E-state index in [0.717, 1.165) is 36.8 Å². The lowest BCUT2D eigenvalue weighted by Crippen LogP contribution is -2.53. The number of amides is 1. The molecule has 0 bridgehead atoms. The van der Waals surface area contributed by atoms with Crippen molar-refractivity contribution in [1.29, 1.82) is 0 Å². The molecule has 1 heterocycles. The Labute approximate surface area is 191 Å². The number of rotatable bonds is 6. The standard InChI is InChI=1S/C25H36N2O3S/c28-24(15-16-31)26-18-20-10-8-7-9-19(20)17-23(26)25(29)30-27(21-11-3-1-4-12-21)22-13-5-2-6-14-22/h7-10,21-23,31H,1-6,11-18H2. The van der Waals surface area contributed by atoms with Crippen LogP contribution in [0.25, 0.3) is 0 Å². The molecule has 3 aliphatic rings. The number of benzene rings is 1. The van der Waals surface area contributed by atoms with Crippen molar-refractivity contribution in [3.8, 4) is 0 Å². The summed E-state index contributed by atoms with van der Waals surface area (Å²) in [6.07, 6.45) is 12.6. The molecule has 0 N–H and O–H groups in total. The number of hydroxylamine groups is 2. The molecule has 31 heavy (non-hydrogen) atoms. The first-order valence-corrected chi connectivity index (χ1v) is 12.8. The number of thiol groups is 1. The molecule has 2 saturated carbocycles. The number of hydrogen-bond acceptors (Lipinski definition) is 5. The van der Waals surface area contributed by atoms with E-state index in [1.807, 2.05) is 18.2 Å². The van der Waals surface area contributed by atoms with Crippen molar-refractivity contribution in [2.75, 3.05) is 5.75 Å². The first kappa shape index (κ1) is 22.7. The smallest absolute Gasteiger partial charge is 0.348 e. The first-order valence-electron chi connectivity index (χ1n) is 12.1. The normalized spacial score (nSPS) is 22.9. The van der Waals surface area contributed by atoms with Crippen LogP contribution >= 0.6 is 12.6 Å². The second-order valence-corrected chi connectivity index (χ2v) is 9.78. The van der Waals surface area contributed by atoms with E-state index in [4.69, 9.17) is 4.84 Å². The Hall–Kier alpha value is -1.53. The summed E-state index contributed by atoms with van der Waals surface area (Å²) in [6, 6.07) is 8.19. The molecule has 1 amide bonds. The van der Waals surface area contributed by atoms with E-state index in [2.05, 4.69) is 23.8 Å². The van der Waals surface area contributed by atoms with Gasteiger partial charge in [-0.05, 0) is 42.6 Å². The van der Waals surface area contributed by atoms with Gasteiger partial charge in [-0.25, -0.2) is 4.79 Å². The van der Waals surface area contributed by atoms with Crippen LogP contribution in [0.5, 0.6) is 0 Å². The molecule has 4 rings (SSSR count). The predicted octanol–water partition coefficient (Wildman–Crippen LogP) is 4.69. The van der Waals surface area contributed by atoms with E-state index in [1.165, 1.54) is 38.5 Å². The fourth-order valence-electron chi connectivity index (χ4n) is 5.52. The lowest BCUT2D eigenvalue weighted by Gasteiger charge is -2.42. The van der Waals surface area contributed by atoms with Crippen LogP contribution in [0, 0.1) is 0 Å². The number of carbonyl (C=O) groups is 2. The Balaban J connectivity index is 1.54. The molecule has 1 aliphatic heterocycles. The zero-order chi connectivity index (χ0) is 21.6. The summed E-state index contributed by atoms with van der Waals surface area (Å²) in [4.78, 5) is 34.4. The molecule has 1 unspecified atom stereocenters. The molecule has 1 atom stereocenters. The molecule has 1 aromatic rings. The summed E-state index contributed by atoms with van der Waals surface area (Å²) in [5.74, 6) is 0.196. The van der Waals surface area contributed by atoms with E-state index < -0.39 is 6.04 Å². The van der Waals surface area contributed by atoms with Gasteiger partial charge in [0.25, 0.3) is 0 Å². The third-order valence-corrected chi connectivity index (χ3v) is 7.45. The minimum absolute atomic E-state index is 0.0201. The molecule has 0 radical (unpaired) electrons. The van der Waals surface area contributed by atoms with Crippen LogP contribution < -0.4 is 0 Å². The Morgan fingerprint density at radius 3 is 2.10 bits per heavy atom. The minimum atomic E-state index is -0.558. The van der Waals surface area contributed by atoms with Crippen molar-refractivity contribution in [3.05, 3.63) is 35.4 Å². The molecule has 5 nitrogen and oxygen atoms in total. The van der Waals surface area contributed by atoms with Crippen LogP contribution in [0.1, 0.15) is 81.8 Å². The Kier molecular flexibility index (Phi) is 7.94. The second kappa shape index (κ2) is 10.9. The summed E-state index contributed by atoms with van der Waals surface area (Å²) in [6.45, 7) is 0.468. The molecule has 2 aliphatic carbocycles. The summed E-state index contributed by atoms with van der Waals surface area (Å²) in [7, 11) is 0. The quantitative estimate of drug-likeness (QED) is 0.511. The van der Waals surface area contributed by atoms with Crippen molar-refractivity contribution in [2.45, 2.75) is 102 Å². The van der Waals surface area contributed by atoms with Crippen LogP contribution in [0.4, 0.5) is 0 Å². The molecule has 170 valence electrons. The van der Waals surface area contributed by atoms with Gasteiger partial charge in [-0.3, -0.25) is 4.79 Å². The van der Waals surface area contributed by atoms with Gasteiger partial charge in [0.2, 0.25) is 5.91 Å². The van der Waals surface area contributed by atoms with Crippen molar-refractivity contribution in [1.82, 2.24) is 9.96 Å². The SMILES string of the molecule is O=C(ON(C1CCCCC1)C1CCCCC1)C1Cc2ccccc2CN1C(=O)CCS. The van der Waals surface area contributed by atoms with E-state index in [0.29, 0.717) is 37.2 Å². The van der Waals surface area contributed by atoms with Gasteiger partial charge in [-0.1, -0.05) is 62.8 Å². The zero-order valence-electron chi connectivity index (χ0n) is 18.5. The monoisotopic (exact) mass is 444 g/mol. The van der Waals surface area contributed by atoms with Gasteiger partial charge in [0.1, 0.15) is 6.04 Å². The molecule has 0 aromatic heterocycles. The molecule has 2 fully saturated rings. The average molecular weight is 445 g/mol. The van der Waals surface area contributed by atoms with Crippen molar-refractivity contribution < 1.29 is 14.4 Å². The molecule has 0 saturated heterocycles. The Bertz CT molecular complexity index is 741. The van der Waals surface area contributed by atoms with Crippen LogP contribution in [0.2, 0.25) is 0 Å². The van der Waals surface area contributed by atoms with Gasteiger partial charge < -0.3 is 9.74 Å². The fourth-order valence-corrected chi connectivity index (χ4v) is 5.71. The minimum Gasteiger partial charge on any atom is -0.365 e. The van der Waals surface area contributed by atoms with Crippen LogP contribution in [-0.2, 0) is 27.4 Å². The van der Waals surface area contributed by atoms with Gasteiger partial charge in [-0.15, -0.1) is 5.06 Å². The summed E-state index contributed by atoms with van der Waals surface area (Å²) in [5.41, 5.74) is 2.26. The van der Waals surface area contributed by atoms with Gasteiger partial charge in [-0.2, -0.15) is 12.6 Å². The van der Waals surface area contributed by atoms with Crippen molar-refractivity contribution in [3.63, 3.8) is 0 Å². The maximum absolute atomic E-state index is 13.5. The summed E-state index contributed by atoms with van der Waals surface area (Å²) < 4.78 is 0. The van der Waals surface area contributed by atoms with Gasteiger partial charge in [0, 0.05) is 31.5 Å². The van der Waals surface area contributed by atoms with Gasteiger partial charge in [0.15, 0.2) is 0 Å². The Morgan fingerprint density at radius 2 is 1.52 bits per heavy atom. The van der Waals surface area contributed by atoms with E-state index in [9.17, 15) is 9.59 Å². The maximum atomic E-state index is 13.5. The van der Waals surface area contributed by atoms with Crippen LogP contribution in [-0.4, -0.2) is 45.7 Å². The van der Waals surface area contributed by atoms with Gasteiger partial charge in [0.05, 0.1) is 0 Å². The fraction of sp³-hybridized carbons (Fsp3) is 0.680. The highest BCUT2D eigenvalue weighted by Crippen LogP contribution is 2.32. The molecular formula is C25H36N2O3S. The van der Waals surface area contributed by atoms with Crippen molar-refractivity contribution in [2.24, 2.45) is 0 Å². The topological polar surface area (TPSA) is 49.9 Å². The lowest BCUT2D eigenvalue weighted by atomic mass is 9.90. The number of nitrogens with zero attached hydrogens (tertiary/aromatic N) is 2. The molecule has 1 aromatic carbocycles. The first-order chi connectivity index (χ1) is 15.2. The van der Waals surface area contributed by atoms with E-state index in [1.54, 1.807) is 4.90 Å². The predicted molar refractivity (Wildman–Crippen MR) is 125 cm³/mol. The highest BCUT2D eigenvalue weighted by atomic mass is 32.1. The summed E-state index contributed by atoms with van der Waals surface area (Å²) in [5, 5.41) is 2.07. The summed E-state index contributed by atoms with van der Waals surface area (Å²) >= 11 is 4.24. The second-order valence-electron chi connectivity index (χ2n) is 9.34. The van der Waals surface area contributed by atoms with Crippen LogP contribution in [0.3, 0.4) is 0 Å². The third-order valence-electron chi connectivity index (χ3n) is 7.23. The number of carbonyl (C=O) groups excluding carboxylic acids is 2. The highest BCUT2D eigenvalue weighted by Gasteiger charge is 2.39. The highest BCUT2D eigenvalue weighted by molar-refractivity contribution is 7.80. The Morgan fingerprint density at radius 1 is 0.935 bits per heavy atom. The molecular weight excluding hydrogens is 408 g/mol. The van der Waals surface area contributed by atoms with Crippen molar-refractivity contribution >= 4 is 24.5 Å². The number of fused-ring (bicyclic) bond motifs is 1. The average Bonchev–Trinajstić information content (AvgIpc) is 2.82. The maximum Gasteiger partial charge on any atom is 0.348 e. The largest absolute Gasteiger partial charge is 0.365 e. The van der Waals surface area contributed by atoms with Gasteiger partial charge >= 0.3 is 5.97 Å². The third kappa shape index (κ3) is 5.46. The van der Waals surface area contributed by atoms with E-state index in [-0.39, 0.29) is 11.9 Å². The molecule has 6 heteroatoms.